The molecule has 1 fully saturated rings. The molecule has 33 heavy (non-hydrogen) atoms. The van der Waals surface area contributed by atoms with Crippen molar-refractivity contribution in [3.63, 3.8) is 0 Å². The second kappa shape index (κ2) is 12.1. The Morgan fingerprint density at radius 1 is 1.03 bits per heavy atom. The van der Waals surface area contributed by atoms with Gasteiger partial charge in [-0.15, -0.1) is 0 Å². The first kappa shape index (κ1) is 26.6. The lowest BCUT2D eigenvalue weighted by molar-refractivity contribution is -0.268. The molecule has 4 unspecified atom stereocenters. The molecule has 1 heterocycles. The fraction of sp³-hybridized carbons (Fsp3) is 0.435. The van der Waals surface area contributed by atoms with Crippen molar-refractivity contribution in [2.45, 2.75) is 35.8 Å². The van der Waals surface area contributed by atoms with Gasteiger partial charge in [-0.1, -0.05) is 78.1 Å². The number of thioether (sulfide) groups is 1. The SMILES string of the molecule is CC1C(CSCCO)OC(c2ccc(NC(=O)C(Cl)(Cl)Cl)cc2)OC1c1ccc(CO)cc1. The number of amides is 1. The first-order chi connectivity index (χ1) is 15.7. The van der Waals surface area contributed by atoms with Crippen molar-refractivity contribution >= 4 is 58.2 Å². The van der Waals surface area contributed by atoms with Gasteiger partial charge in [0.2, 0.25) is 0 Å². The number of anilines is 1. The van der Waals surface area contributed by atoms with E-state index >= 15 is 0 Å². The third kappa shape index (κ3) is 7.23. The van der Waals surface area contributed by atoms with Crippen molar-refractivity contribution < 1.29 is 24.5 Å². The fourth-order valence-electron chi connectivity index (χ4n) is 3.50. The molecule has 0 aliphatic carbocycles. The van der Waals surface area contributed by atoms with E-state index in [0.717, 1.165) is 16.7 Å². The molecule has 180 valence electrons. The molecule has 3 N–H and O–H groups in total. The molecule has 3 rings (SSSR count). The zero-order chi connectivity index (χ0) is 24.0. The Labute approximate surface area is 212 Å². The van der Waals surface area contributed by atoms with Gasteiger partial charge in [-0.2, -0.15) is 11.8 Å². The molecule has 1 amide bonds. The number of carbonyl (C=O) groups is 1. The summed E-state index contributed by atoms with van der Waals surface area (Å²) >= 11 is 18.5. The van der Waals surface area contributed by atoms with Crippen LogP contribution in [0.5, 0.6) is 0 Å². The van der Waals surface area contributed by atoms with Crippen LogP contribution in [-0.4, -0.2) is 44.1 Å². The van der Waals surface area contributed by atoms with Gasteiger partial charge < -0.3 is 25.0 Å². The van der Waals surface area contributed by atoms with Crippen LogP contribution in [0, 0.1) is 5.92 Å². The summed E-state index contributed by atoms with van der Waals surface area (Å²) < 4.78 is 10.6. The first-order valence-electron chi connectivity index (χ1n) is 10.4. The summed E-state index contributed by atoms with van der Waals surface area (Å²) in [7, 11) is 0. The smallest absolute Gasteiger partial charge is 0.276 e. The summed E-state index contributed by atoms with van der Waals surface area (Å²) in [6.07, 6.45) is -0.951. The zero-order valence-corrected chi connectivity index (χ0v) is 21.0. The molecule has 10 heteroatoms. The van der Waals surface area contributed by atoms with Gasteiger partial charge in [0.25, 0.3) is 9.70 Å². The van der Waals surface area contributed by atoms with Gasteiger partial charge in [-0.25, -0.2) is 0 Å². The van der Waals surface area contributed by atoms with Crippen LogP contribution in [0.25, 0.3) is 0 Å². The van der Waals surface area contributed by atoms with Crippen LogP contribution in [0.15, 0.2) is 48.5 Å². The maximum Gasteiger partial charge on any atom is 0.276 e. The van der Waals surface area contributed by atoms with E-state index in [9.17, 15) is 9.90 Å². The standard InChI is InChI=1S/C23H26Cl3NO5S/c1-14-19(13-33-11-10-28)31-21(32-20(14)16-4-2-15(12-29)3-5-16)17-6-8-18(9-7-17)27-22(30)23(24,25)26/h2-9,14,19-21,28-29H,10-13H2,1H3,(H,27,30). The predicted octanol–water partition coefficient (Wildman–Crippen LogP) is 5.00. The van der Waals surface area contributed by atoms with E-state index < -0.39 is 16.0 Å². The largest absolute Gasteiger partial charge is 0.396 e. The number of carbonyl (C=O) groups excluding carboxylic acids is 1. The van der Waals surface area contributed by atoms with Crippen molar-refractivity contribution in [3.05, 3.63) is 65.2 Å². The average Bonchev–Trinajstić information content (AvgIpc) is 2.80. The Morgan fingerprint density at radius 2 is 1.67 bits per heavy atom. The highest BCUT2D eigenvalue weighted by molar-refractivity contribution is 7.99. The molecule has 2 aromatic carbocycles. The number of rotatable bonds is 8. The van der Waals surface area contributed by atoms with Gasteiger partial charge in [0.15, 0.2) is 6.29 Å². The van der Waals surface area contributed by atoms with Crippen LogP contribution < -0.4 is 5.32 Å². The summed E-state index contributed by atoms with van der Waals surface area (Å²) in [5, 5.41) is 21.0. The zero-order valence-electron chi connectivity index (χ0n) is 17.9. The molecular weight excluding hydrogens is 509 g/mol. The van der Waals surface area contributed by atoms with E-state index in [-0.39, 0.29) is 31.3 Å². The van der Waals surface area contributed by atoms with Crippen LogP contribution in [0.4, 0.5) is 5.69 Å². The van der Waals surface area contributed by atoms with Gasteiger partial charge in [0.1, 0.15) is 0 Å². The minimum Gasteiger partial charge on any atom is -0.396 e. The molecule has 1 saturated heterocycles. The van der Waals surface area contributed by atoms with E-state index in [4.69, 9.17) is 49.4 Å². The van der Waals surface area contributed by atoms with Crippen molar-refractivity contribution in [1.29, 1.82) is 0 Å². The number of alkyl halides is 3. The number of hydrogen-bond donors (Lipinski definition) is 3. The molecule has 6 nitrogen and oxygen atoms in total. The Bertz CT molecular complexity index is 908. The van der Waals surface area contributed by atoms with Crippen molar-refractivity contribution in [2.75, 3.05) is 23.4 Å². The summed E-state index contributed by atoms with van der Waals surface area (Å²) in [5.74, 6) is 0.664. The molecule has 0 spiro atoms. The molecule has 0 radical (unpaired) electrons. The number of nitrogens with one attached hydrogen (secondary N) is 1. The lowest BCUT2D eigenvalue weighted by Gasteiger charge is -2.41. The second-order valence-corrected chi connectivity index (χ2v) is 11.1. The molecule has 1 aliphatic heterocycles. The monoisotopic (exact) mass is 533 g/mol. The predicted molar refractivity (Wildman–Crippen MR) is 133 cm³/mol. The van der Waals surface area contributed by atoms with Crippen LogP contribution in [0.3, 0.4) is 0 Å². The highest BCUT2D eigenvalue weighted by Crippen LogP contribution is 2.42. The molecule has 0 aromatic heterocycles. The number of hydrogen-bond acceptors (Lipinski definition) is 6. The van der Waals surface area contributed by atoms with Crippen molar-refractivity contribution in [2.24, 2.45) is 5.92 Å². The molecule has 1 aliphatic rings. The Hall–Kier alpha value is -1.03. The van der Waals surface area contributed by atoms with Gasteiger partial charge >= 0.3 is 0 Å². The summed E-state index contributed by atoms with van der Waals surface area (Å²) in [5.41, 5.74) is 3.09. The topological polar surface area (TPSA) is 88.0 Å². The number of halogens is 3. The maximum absolute atomic E-state index is 11.9. The maximum atomic E-state index is 11.9. The van der Waals surface area contributed by atoms with Crippen molar-refractivity contribution in [1.82, 2.24) is 0 Å². The molecular formula is C23H26Cl3NO5S. The first-order valence-corrected chi connectivity index (χ1v) is 12.7. The minimum atomic E-state index is -2.05. The molecule has 4 atom stereocenters. The minimum absolute atomic E-state index is 0.0192. The number of aliphatic hydroxyl groups excluding tert-OH is 2. The van der Waals surface area contributed by atoms with E-state index in [0.29, 0.717) is 17.2 Å². The Morgan fingerprint density at radius 3 is 2.24 bits per heavy atom. The van der Waals surface area contributed by atoms with Gasteiger partial charge in [0.05, 0.1) is 25.4 Å². The highest BCUT2D eigenvalue weighted by Gasteiger charge is 2.38. The van der Waals surface area contributed by atoms with E-state index in [1.54, 1.807) is 36.0 Å². The van der Waals surface area contributed by atoms with Crippen LogP contribution in [-0.2, 0) is 20.9 Å². The third-order valence-corrected chi connectivity index (χ3v) is 6.89. The fourth-order valence-corrected chi connectivity index (χ4v) is 4.55. The summed E-state index contributed by atoms with van der Waals surface area (Å²) in [6.45, 7) is 2.17. The van der Waals surface area contributed by atoms with E-state index in [1.165, 1.54) is 0 Å². The highest BCUT2D eigenvalue weighted by atomic mass is 35.6. The number of benzene rings is 2. The lowest BCUT2D eigenvalue weighted by atomic mass is 9.91. The summed E-state index contributed by atoms with van der Waals surface area (Å²) in [6, 6.07) is 14.6. The summed E-state index contributed by atoms with van der Waals surface area (Å²) in [4.78, 5) is 11.9. The van der Waals surface area contributed by atoms with E-state index in [1.807, 2.05) is 24.3 Å². The van der Waals surface area contributed by atoms with Crippen LogP contribution >= 0.6 is 46.6 Å². The second-order valence-electron chi connectivity index (χ2n) is 7.69. The normalized spacial score (nSPS) is 23.3. The quantitative estimate of drug-likeness (QED) is 0.326. The average molecular weight is 535 g/mol. The molecule has 0 bridgehead atoms. The molecule has 0 saturated carbocycles. The Kier molecular flexibility index (Phi) is 9.73. The van der Waals surface area contributed by atoms with Gasteiger partial charge in [-0.3, -0.25) is 4.79 Å². The van der Waals surface area contributed by atoms with Crippen LogP contribution in [0.2, 0.25) is 0 Å². The third-order valence-electron chi connectivity index (χ3n) is 5.34. The number of ether oxygens (including phenoxy) is 2. The molecule has 2 aromatic rings. The Balaban J connectivity index is 1.79. The van der Waals surface area contributed by atoms with Gasteiger partial charge in [0, 0.05) is 28.7 Å². The van der Waals surface area contributed by atoms with Gasteiger partial charge in [-0.05, 0) is 23.3 Å². The number of aliphatic hydroxyl groups is 2. The van der Waals surface area contributed by atoms with Crippen molar-refractivity contribution in [3.8, 4) is 0 Å². The van der Waals surface area contributed by atoms with E-state index in [2.05, 4.69) is 12.2 Å². The lowest BCUT2D eigenvalue weighted by Crippen LogP contribution is -2.38. The van der Waals surface area contributed by atoms with Crippen LogP contribution in [0.1, 0.15) is 36.0 Å².